The van der Waals surface area contributed by atoms with E-state index in [0.29, 0.717) is 11.6 Å². The zero-order valence-electron chi connectivity index (χ0n) is 16.9. The molecule has 0 bridgehead atoms. The van der Waals surface area contributed by atoms with Crippen molar-refractivity contribution in [2.45, 2.75) is 26.3 Å². The summed E-state index contributed by atoms with van der Waals surface area (Å²) in [4.78, 5) is 27.7. The Morgan fingerprint density at radius 1 is 1.27 bits per heavy atom. The van der Waals surface area contributed by atoms with Gasteiger partial charge in [-0.25, -0.2) is 0 Å². The summed E-state index contributed by atoms with van der Waals surface area (Å²) in [5, 5.41) is 17.9. The van der Waals surface area contributed by atoms with Crippen LogP contribution < -0.4 is 10.1 Å². The quantitative estimate of drug-likeness (QED) is 0.437. The third-order valence-electron chi connectivity index (χ3n) is 4.85. The Morgan fingerprint density at radius 3 is 2.73 bits per heavy atom. The van der Waals surface area contributed by atoms with E-state index < -0.39 is 16.9 Å². The SMILES string of the molecule is CCC(C)C(NC(=O)c1cccc([N+](=O)[O-])c1)c1nc(-c2cccc(OC)c2)no1. The van der Waals surface area contributed by atoms with Gasteiger partial charge in [-0.2, -0.15) is 4.98 Å². The monoisotopic (exact) mass is 410 g/mol. The van der Waals surface area contributed by atoms with Gasteiger partial charge in [-0.15, -0.1) is 0 Å². The molecule has 0 spiro atoms. The van der Waals surface area contributed by atoms with Crippen LogP contribution in [0.25, 0.3) is 11.4 Å². The number of hydrogen-bond donors (Lipinski definition) is 1. The zero-order valence-corrected chi connectivity index (χ0v) is 16.9. The molecule has 9 heteroatoms. The number of nitro groups is 1. The molecule has 30 heavy (non-hydrogen) atoms. The molecule has 0 saturated heterocycles. The van der Waals surface area contributed by atoms with E-state index in [0.717, 1.165) is 12.0 Å². The second-order valence-corrected chi connectivity index (χ2v) is 6.83. The van der Waals surface area contributed by atoms with E-state index in [2.05, 4.69) is 15.5 Å². The largest absolute Gasteiger partial charge is 0.497 e. The fourth-order valence-corrected chi connectivity index (χ4v) is 2.91. The van der Waals surface area contributed by atoms with Gasteiger partial charge in [0.25, 0.3) is 11.6 Å². The number of methoxy groups -OCH3 is 1. The number of carbonyl (C=O) groups is 1. The highest BCUT2D eigenvalue weighted by Gasteiger charge is 2.27. The van der Waals surface area contributed by atoms with Crippen LogP contribution in [0.15, 0.2) is 53.1 Å². The van der Waals surface area contributed by atoms with Gasteiger partial charge in [0.05, 0.1) is 12.0 Å². The van der Waals surface area contributed by atoms with Crippen molar-refractivity contribution >= 4 is 11.6 Å². The summed E-state index contributed by atoms with van der Waals surface area (Å²) in [7, 11) is 1.57. The number of amides is 1. The molecule has 1 aromatic heterocycles. The van der Waals surface area contributed by atoms with E-state index in [1.807, 2.05) is 32.0 Å². The molecule has 2 unspecified atom stereocenters. The van der Waals surface area contributed by atoms with Crippen molar-refractivity contribution in [1.29, 1.82) is 0 Å². The Morgan fingerprint density at radius 2 is 2.03 bits per heavy atom. The predicted octanol–water partition coefficient (Wildman–Crippen LogP) is 4.17. The van der Waals surface area contributed by atoms with Crippen LogP contribution >= 0.6 is 0 Å². The highest BCUT2D eigenvalue weighted by Crippen LogP contribution is 2.27. The number of ether oxygens (including phenoxy) is 1. The van der Waals surface area contributed by atoms with Gasteiger partial charge in [0.15, 0.2) is 0 Å². The molecule has 0 radical (unpaired) electrons. The van der Waals surface area contributed by atoms with Gasteiger partial charge in [0, 0.05) is 23.3 Å². The lowest BCUT2D eigenvalue weighted by molar-refractivity contribution is -0.384. The highest BCUT2D eigenvalue weighted by atomic mass is 16.6. The minimum Gasteiger partial charge on any atom is -0.497 e. The van der Waals surface area contributed by atoms with E-state index in [-0.39, 0.29) is 23.1 Å². The van der Waals surface area contributed by atoms with Crippen LogP contribution in [0.3, 0.4) is 0 Å². The fraction of sp³-hybridized carbons (Fsp3) is 0.286. The van der Waals surface area contributed by atoms with Crippen LogP contribution in [0.1, 0.15) is 42.6 Å². The summed E-state index contributed by atoms with van der Waals surface area (Å²) < 4.78 is 10.7. The Labute approximate surface area is 173 Å². The maximum absolute atomic E-state index is 12.7. The van der Waals surface area contributed by atoms with Gasteiger partial charge >= 0.3 is 0 Å². The van der Waals surface area contributed by atoms with E-state index in [1.165, 1.54) is 24.3 Å². The highest BCUT2D eigenvalue weighted by molar-refractivity contribution is 5.95. The van der Waals surface area contributed by atoms with Crippen molar-refractivity contribution in [3.05, 3.63) is 70.1 Å². The minimum atomic E-state index is -0.548. The number of aromatic nitrogens is 2. The lowest BCUT2D eigenvalue weighted by Gasteiger charge is -2.20. The van der Waals surface area contributed by atoms with Gasteiger partial charge in [-0.3, -0.25) is 14.9 Å². The summed E-state index contributed by atoms with van der Waals surface area (Å²) in [6, 6.07) is 12.3. The Bertz CT molecular complexity index is 1050. The molecule has 3 aromatic rings. The molecule has 0 saturated carbocycles. The molecule has 2 atom stereocenters. The number of non-ortho nitro benzene ring substituents is 1. The summed E-state index contributed by atoms with van der Waals surface area (Å²) in [5.74, 6) is 0.843. The van der Waals surface area contributed by atoms with Crippen molar-refractivity contribution in [2.75, 3.05) is 7.11 Å². The van der Waals surface area contributed by atoms with Crippen molar-refractivity contribution in [3.63, 3.8) is 0 Å². The van der Waals surface area contributed by atoms with Crippen molar-refractivity contribution < 1.29 is 19.0 Å². The first kappa shape index (κ1) is 21.0. The van der Waals surface area contributed by atoms with E-state index in [1.54, 1.807) is 13.2 Å². The maximum Gasteiger partial charge on any atom is 0.270 e. The number of hydrogen-bond acceptors (Lipinski definition) is 7. The molecule has 1 heterocycles. The minimum absolute atomic E-state index is 0.00809. The molecule has 0 aliphatic carbocycles. The van der Waals surface area contributed by atoms with Gasteiger partial charge in [0.2, 0.25) is 11.7 Å². The molecule has 1 N–H and O–H groups in total. The van der Waals surface area contributed by atoms with Crippen molar-refractivity contribution in [1.82, 2.24) is 15.5 Å². The summed E-state index contributed by atoms with van der Waals surface area (Å²) in [6.07, 6.45) is 0.747. The summed E-state index contributed by atoms with van der Waals surface area (Å²) in [5.41, 5.74) is 0.753. The Balaban J connectivity index is 1.86. The van der Waals surface area contributed by atoms with E-state index >= 15 is 0 Å². The zero-order chi connectivity index (χ0) is 21.7. The van der Waals surface area contributed by atoms with E-state index in [4.69, 9.17) is 9.26 Å². The van der Waals surface area contributed by atoms with Crippen LogP contribution in [0, 0.1) is 16.0 Å². The summed E-state index contributed by atoms with van der Waals surface area (Å²) >= 11 is 0. The van der Waals surface area contributed by atoms with Gasteiger partial charge in [-0.1, -0.05) is 43.6 Å². The fourth-order valence-electron chi connectivity index (χ4n) is 2.91. The summed E-state index contributed by atoms with van der Waals surface area (Å²) in [6.45, 7) is 3.93. The standard InChI is InChI=1S/C21H22N4O5/c1-4-13(2)18(22-20(26)15-8-5-9-16(11-15)25(27)28)21-23-19(24-30-21)14-7-6-10-17(12-14)29-3/h5-13,18H,4H2,1-3H3,(H,22,26). The smallest absolute Gasteiger partial charge is 0.270 e. The molecule has 9 nitrogen and oxygen atoms in total. The average molecular weight is 410 g/mol. The third kappa shape index (κ3) is 4.62. The number of nitro benzene ring substituents is 1. The predicted molar refractivity (Wildman–Crippen MR) is 109 cm³/mol. The van der Waals surface area contributed by atoms with Crippen molar-refractivity contribution in [3.8, 4) is 17.1 Å². The molecule has 2 aromatic carbocycles. The normalized spacial score (nSPS) is 12.8. The lowest BCUT2D eigenvalue weighted by atomic mass is 9.98. The van der Waals surface area contributed by atoms with Gasteiger partial charge in [-0.05, 0) is 24.1 Å². The molecule has 1 amide bonds. The Hall–Kier alpha value is -3.75. The third-order valence-corrected chi connectivity index (χ3v) is 4.85. The van der Waals surface area contributed by atoms with Crippen LogP contribution in [0.2, 0.25) is 0 Å². The number of nitrogens with zero attached hydrogens (tertiary/aromatic N) is 3. The second kappa shape index (κ2) is 9.17. The first-order valence-corrected chi connectivity index (χ1v) is 9.46. The molecule has 0 aliphatic rings. The number of carbonyl (C=O) groups excluding carboxylic acids is 1. The number of rotatable bonds is 8. The van der Waals surface area contributed by atoms with Gasteiger partial charge < -0.3 is 14.6 Å². The first-order valence-electron chi connectivity index (χ1n) is 9.46. The van der Waals surface area contributed by atoms with Crippen molar-refractivity contribution in [2.24, 2.45) is 5.92 Å². The van der Waals surface area contributed by atoms with Crippen LogP contribution in [-0.4, -0.2) is 28.1 Å². The van der Waals surface area contributed by atoms with Crippen LogP contribution in [-0.2, 0) is 0 Å². The lowest BCUT2D eigenvalue weighted by Crippen LogP contribution is -2.32. The molecule has 156 valence electrons. The molecule has 0 fully saturated rings. The first-order chi connectivity index (χ1) is 14.4. The molecule has 0 aliphatic heterocycles. The second-order valence-electron chi connectivity index (χ2n) is 6.83. The molecular formula is C21H22N4O5. The van der Waals surface area contributed by atoms with Crippen LogP contribution in [0.4, 0.5) is 5.69 Å². The number of nitrogens with one attached hydrogen (secondary N) is 1. The maximum atomic E-state index is 12.7. The molecule has 3 rings (SSSR count). The average Bonchev–Trinajstić information content (AvgIpc) is 3.26. The van der Waals surface area contributed by atoms with E-state index in [9.17, 15) is 14.9 Å². The number of benzene rings is 2. The van der Waals surface area contributed by atoms with Gasteiger partial charge in [0.1, 0.15) is 11.8 Å². The topological polar surface area (TPSA) is 120 Å². The molecular weight excluding hydrogens is 388 g/mol. The Kier molecular flexibility index (Phi) is 6.41. The van der Waals surface area contributed by atoms with Crippen LogP contribution in [0.5, 0.6) is 5.75 Å².